The summed E-state index contributed by atoms with van der Waals surface area (Å²) in [6, 6.07) is 37.7. The number of nitrogens with one attached hydrogen (secondary N) is 5. The van der Waals surface area contributed by atoms with Gasteiger partial charge < -0.3 is 71.3 Å². The number of carbonyl (C=O) groups is 5. The lowest BCUT2D eigenvalue weighted by molar-refractivity contribution is -0.312. The fraction of sp³-hybridized carbons (Fsp3) is 0.340. The molecule has 0 spiro atoms. The van der Waals surface area contributed by atoms with Gasteiger partial charge in [-0.2, -0.15) is 0 Å². The summed E-state index contributed by atoms with van der Waals surface area (Å²) in [5.41, 5.74) is 35.5. The van der Waals surface area contributed by atoms with Crippen molar-refractivity contribution in [3.8, 4) is 0 Å². The second kappa shape index (κ2) is 26.7. The van der Waals surface area contributed by atoms with Gasteiger partial charge in [-0.1, -0.05) is 91.0 Å². The lowest BCUT2D eigenvalue weighted by Crippen LogP contribution is -2.69. The van der Waals surface area contributed by atoms with E-state index in [-0.39, 0.29) is 19.4 Å². The maximum Gasteiger partial charge on any atom is 0.412 e. The van der Waals surface area contributed by atoms with Crippen LogP contribution in [0.3, 0.4) is 0 Å². The molecule has 5 amide bonds. The topological polar surface area (TPSA) is 359 Å². The minimum absolute atomic E-state index is 0.0213. The van der Waals surface area contributed by atoms with Gasteiger partial charge in [0.15, 0.2) is 30.9 Å². The molecule has 24 heteroatoms. The molecule has 15 N–H and O–H groups in total. The average Bonchev–Trinajstić information content (AvgIpc) is 3.42. The van der Waals surface area contributed by atoms with Crippen molar-refractivity contribution in [1.82, 2.24) is 0 Å². The predicted octanol–water partition coefficient (Wildman–Crippen LogP) is 4.99. The molecule has 2 heterocycles. The molecular formula is C53H62N10O14. The standard InChI is InChI=1S/C53H62N10O14/c54-28-39-38(72-50(65)60-31-18-8-2-9-19-31)27-37(57)47(70-39)73-42-35(55)26-36(56)43(46(42)77-53(68)63-34-24-14-5-15-25-34)74-48-45(76-52(67)62-33-22-12-4-13-23-33)41(58)44(75-51(66)61-32-20-10-3-11-21-32)40(71-48)29-69-49(64)59-30-16-6-1-7-17-30/h1-25,35-48H,26-29,54-58H2,(H,59,64)(H,60,65)(H,61,66)(H,62,67)(H,63,68)/t35-,36+,37+,38-,39+,40+,41-,42+,43-,44+,45+,46-,47+,48+/m0/s1. The molecule has 8 rings (SSSR count). The molecule has 0 aromatic heterocycles. The van der Waals surface area contributed by atoms with Crippen molar-refractivity contribution in [2.75, 3.05) is 39.7 Å². The highest BCUT2D eigenvalue weighted by Gasteiger charge is 2.55. The van der Waals surface area contributed by atoms with E-state index in [2.05, 4.69) is 26.6 Å². The van der Waals surface area contributed by atoms with E-state index in [4.69, 9.17) is 71.3 Å². The molecule has 3 fully saturated rings. The van der Waals surface area contributed by atoms with Crippen molar-refractivity contribution in [2.45, 2.75) is 98.4 Å². The first-order chi connectivity index (χ1) is 37.3. The van der Waals surface area contributed by atoms with Crippen molar-refractivity contribution in [1.29, 1.82) is 0 Å². The smallest absolute Gasteiger partial charge is 0.412 e. The van der Waals surface area contributed by atoms with E-state index >= 15 is 0 Å². The van der Waals surface area contributed by atoms with Gasteiger partial charge in [-0.15, -0.1) is 0 Å². The van der Waals surface area contributed by atoms with Gasteiger partial charge in [0.25, 0.3) is 0 Å². The number of amides is 5. The van der Waals surface area contributed by atoms with Gasteiger partial charge in [0, 0.05) is 53.5 Å². The van der Waals surface area contributed by atoms with Crippen LogP contribution < -0.4 is 55.3 Å². The Bertz CT molecular complexity index is 2690. The molecule has 5 aromatic rings. The SMILES string of the molecule is NC[C@H]1O[C@H](O[C@H]2[C@H](OC(=O)Nc3ccccc3)[C@@H](O[C@H]3O[C@H](COC(=O)Nc4ccccc4)[C@@H](OC(=O)Nc4ccccc4)[C@H](N)[C@H]3OC(=O)Nc3ccccc3)[C@H](N)C[C@@H]2N)[C@H](N)C[C@@H]1OC(=O)Nc1ccccc1. The fourth-order valence-electron chi connectivity index (χ4n) is 8.91. The second-order valence-corrected chi connectivity index (χ2v) is 18.2. The molecule has 3 aliphatic rings. The van der Waals surface area contributed by atoms with Crippen LogP contribution in [0.1, 0.15) is 12.8 Å². The van der Waals surface area contributed by atoms with Gasteiger partial charge in [-0.05, 0) is 67.1 Å². The van der Waals surface area contributed by atoms with E-state index < -0.39 is 123 Å². The van der Waals surface area contributed by atoms with Crippen LogP contribution in [0.2, 0.25) is 0 Å². The largest absolute Gasteiger partial charge is 0.446 e. The molecule has 1 aliphatic carbocycles. The molecule has 0 unspecified atom stereocenters. The number of nitrogens with two attached hydrogens (primary N) is 5. The highest BCUT2D eigenvalue weighted by atomic mass is 16.7. The Hall–Kier alpha value is -7.91. The van der Waals surface area contributed by atoms with Crippen molar-refractivity contribution in [3.05, 3.63) is 152 Å². The lowest BCUT2D eigenvalue weighted by atomic mass is 9.84. The quantitative estimate of drug-likeness (QED) is 0.0582. The Labute approximate surface area is 442 Å². The van der Waals surface area contributed by atoms with Crippen molar-refractivity contribution < 1.29 is 66.6 Å². The zero-order valence-corrected chi connectivity index (χ0v) is 41.4. The number of benzene rings is 5. The van der Waals surface area contributed by atoms with Gasteiger partial charge in [-0.25, -0.2) is 24.0 Å². The Kier molecular flexibility index (Phi) is 19.2. The van der Waals surface area contributed by atoms with Crippen LogP contribution in [0, 0.1) is 0 Å². The van der Waals surface area contributed by atoms with E-state index in [9.17, 15) is 24.0 Å². The van der Waals surface area contributed by atoms with Crippen LogP contribution in [0.4, 0.5) is 52.4 Å². The fourth-order valence-corrected chi connectivity index (χ4v) is 8.91. The molecular weight excluding hydrogens is 1000 g/mol. The molecule has 408 valence electrons. The Morgan fingerprint density at radius 2 is 0.779 bits per heavy atom. The number of hydrogen-bond donors (Lipinski definition) is 10. The first-order valence-corrected chi connectivity index (χ1v) is 24.7. The third-order valence-electron chi connectivity index (χ3n) is 12.6. The number of carbonyl (C=O) groups excluding carboxylic acids is 5. The van der Waals surface area contributed by atoms with E-state index in [1.165, 1.54) is 0 Å². The summed E-state index contributed by atoms with van der Waals surface area (Å²) in [6.45, 7) is -0.735. The molecule has 2 saturated heterocycles. The number of anilines is 5. The Balaban J connectivity index is 1.09. The molecule has 0 bridgehead atoms. The number of rotatable bonds is 16. The molecule has 2 aliphatic heterocycles. The summed E-state index contributed by atoms with van der Waals surface area (Å²) < 4.78 is 55.5. The molecule has 14 atom stereocenters. The highest BCUT2D eigenvalue weighted by Crippen LogP contribution is 2.35. The van der Waals surface area contributed by atoms with E-state index in [1.807, 2.05) is 0 Å². The van der Waals surface area contributed by atoms with Crippen LogP contribution in [-0.4, -0.2) is 129 Å². The summed E-state index contributed by atoms with van der Waals surface area (Å²) in [7, 11) is 0. The van der Waals surface area contributed by atoms with Crippen LogP contribution in [0.25, 0.3) is 0 Å². The first kappa shape index (κ1) is 55.3. The second-order valence-electron chi connectivity index (χ2n) is 18.2. The third-order valence-corrected chi connectivity index (χ3v) is 12.6. The molecule has 1 saturated carbocycles. The lowest BCUT2D eigenvalue weighted by Gasteiger charge is -2.49. The molecule has 0 radical (unpaired) electrons. The minimum Gasteiger partial charge on any atom is -0.446 e. The van der Waals surface area contributed by atoms with Crippen LogP contribution >= 0.6 is 0 Å². The molecule has 5 aromatic carbocycles. The third kappa shape index (κ3) is 15.4. The van der Waals surface area contributed by atoms with Crippen molar-refractivity contribution in [2.24, 2.45) is 28.7 Å². The first-order valence-electron chi connectivity index (χ1n) is 24.7. The van der Waals surface area contributed by atoms with Gasteiger partial charge in [0.05, 0.1) is 12.1 Å². The summed E-state index contributed by atoms with van der Waals surface area (Å²) in [5, 5.41) is 13.2. The Morgan fingerprint density at radius 3 is 1.21 bits per heavy atom. The van der Waals surface area contributed by atoms with Gasteiger partial charge in [0.2, 0.25) is 0 Å². The van der Waals surface area contributed by atoms with Gasteiger partial charge >= 0.3 is 30.5 Å². The maximum absolute atomic E-state index is 14.0. The van der Waals surface area contributed by atoms with Crippen LogP contribution in [0.5, 0.6) is 0 Å². The number of ether oxygens (including phenoxy) is 9. The van der Waals surface area contributed by atoms with E-state index in [0.29, 0.717) is 28.4 Å². The zero-order chi connectivity index (χ0) is 54.3. The normalized spacial score (nSPS) is 27.8. The molecule has 24 nitrogen and oxygen atoms in total. The van der Waals surface area contributed by atoms with Crippen molar-refractivity contribution >= 4 is 58.9 Å². The minimum atomic E-state index is -1.75. The summed E-state index contributed by atoms with van der Waals surface area (Å²) in [6.07, 6.45) is -18.4. The highest BCUT2D eigenvalue weighted by molar-refractivity contribution is 5.87. The Morgan fingerprint density at radius 1 is 0.416 bits per heavy atom. The summed E-state index contributed by atoms with van der Waals surface area (Å²) >= 11 is 0. The predicted molar refractivity (Wildman–Crippen MR) is 280 cm³/mol. The molecule has 77 heavy (non-hydrogen) atoms. The average molecular weight is 1060 g/mol. The number of para-hydroxylation sites is 5. The maximum atomic E-state index is 14.0. The monoisotopic (exact) mass is 1060 g/mol. The summed E-state index contributed by atoms with van der Waals surface area (Å²) in [4.78, 5) is 67.6. The van der Waals surface area contributed by atoms with Crippen LogP contribution in [0.15, 0.2) is 152 Å². The van der Waals surface area contributed by atoms with Gasteiger partial charge in [0.1, 0.15) is 37.1 Å². The zero-order valence-electron chi connectivity index (χ0n) is 41.4. The van der Waals surface area contributed by atoms with Crippen molar-refractivity contribution in [3.63, 3.8) is 0 Å². The van der Waals surface area contributed by atoms with E-state index in [0.717, 1.165) is 0 Å². The van der Waals surface area contributed by atoms with Gasteiger partial charge in [-0.3, -0.25) is 26.6 Å². The number of hydrogen-bond acceptors (Lipinski definition) is 19. The summed E-state index contributed by atoms with van der Waals surface area (Å²) in [5.74, 6) is 0. The van der Waals surface area contributed by atoms with E-state index in [1.54, 1.807) is 152 Å². The van der Waals surface area contributed by atoms with Crippen LogP contribution in [-0.2, 0) is 42.6 Å².